The van der Waals surface area contributed by atoms with Crippen molar-refractivity contribution < 1.29 is 4.79 Å². The molecule has 0 aromatic rings. The number of nitrogens with two attached hydrogens (primary N) is 1. The minimum Gasteiger partial charge on any atom is -0.368 e. The zero-order chi connectivity index (χ0) is 16.6. The standard InChI is InChI=1S/C18H38N2O/c1-8-9-20-18(17(19)21,12-15(6)7)16(10-13(2)3)11-14(4)5/h13-16,20H,8-12H2,1-7H3,(H2,19,21). The van der Waals surface area contributed by atoms with Crippen molar-refractivity contribution in [3.63, 3.8) is 0 Å². The summed E-state index contributed by atoms with van der Waals surface area (Å²) in [7, 11) is 0. The van der Waals surface area contributed by atoms with Crippen LogP contribution in [-0.2, 0) is 4.79 Å². The molecule has 0 spiro atoms. The van der Waals surface area contributed by atoms with Crippen LogP contribution >= 0.6 is 0 Å². The summed E-state index contributed by atoms with van der Waals surface area (Å²) in [5.74, 6) is 1.73. The topological polar surface area (TPSA) is 55.1 Å². The Balaban J connectivity index is 5.54. The normalized spacial score (nSPS) is 15.2. The molecular formula is C18H38N2O. The van der Waals surface area contributed by atoms with Crippen LogP contribution in [0.15, 0.2) is 0 Å². The van der Waals surface area contributed by atoms with Crippen molar-refractivity contribution >= 4 is 5.91 Å². The lowest BCUT2D eigenvalue weighted by Crippen LogP contribution is -2.61. The van der Waals surface area contributed by atoms with E-state index in [0.717, 1.165) is 32.2 Å². The van der Waals surface area contributed by atoms with Crippen LogP contribution in [0.25, 0.3) is 0 Å². The number of primary amides is 1. The number of rotatable bonds is 11. The second-order valence-electron chi connectivity index (χ2n) is 7.82. The van der Waals surface area contributed by atoms with E-state index in [4.69, 9.17) is 5.73 Å². The van der Waals surface area contributed by atoms with Crippen molar-refractivity contribution in [1.29, 1.82) is 0 Å². The number of amides is 1. The Morgan fingerprint density at radius 3 is 1.76 bits per heavy atom. The van der Waals surface area contributed by atoms with Gasteiger partial charge in [-0.1, -0.05) is 48.5 Å². The molecule has 126 valence electrons. The number of hydrogen-bond donors (Lipinski definition) is 2. The van der Waals surface area contributed by atoms with E-state index >= 15 is 0 Å². The molecule has 0 heterocycles. The molecule has 0 radical (unpaired) electrons. The number of hydrogen-bond acceptors (Lipinski definition) is 2. The number of carbonyl (C=O) groups excluding carboxylic acids is 1. The van der Waals surface area contributed by atoms with Gasteiger partial charge in [-0.3, -0.25) is 4.79 Å². The van der Waals surface area contributed by atoms with Gasteiger partial charge in [0.2, 0.25) is 5.91 Å². The molecule has 0 aromatic heterocycles. The van der Waals surface area contributed by atoms with Crippen LogP contribution in [-0.4, -0.2) is 18.0 Å². The van der Waals surface area contributed by atoms with Gasteiger partial charge in [0.15, 0.2) is 0 Å². The van der Waals surface area contributed by atoms with Crippen molar-refractivity contribution in [2.24, 2.45) is 29.4 Å². The summed E-state index contributed by atoms with van der Waals surface area (Å²) in [4.78, 5) is 12.4. The molecule has 3 nitrogen and oxygen atoms in total. The zero-order valence-electron chi connectivity index (χ0n) is 15.3. The highest BCUT2D eigenvalue weighted by atomic mass is 16.1. The smallest absolute Gasteiger partial charge is 0.238 e. The lowest BCUT2D eigenvalue weighted by Gasteiger charge is -2.42. The third-order valence-electron chi connectivity index (χ3n) is 4.07. The lowest BCUT2D eigenvalue weighted by atomic mass is 9.70. The van der Waals surface area contributed by atoms with Gasteiger partial charge in [0, 0.05) is 0 Å². The van der Waals surface area contributed by atoms with Gasteiger partial charge in [-0.25, -0.2) is 0 Å². The fourth-order valence-corrected chi connectivity index (χ4v) is 3.40. The van der Waals surface area contributed by atoms with Gasteiger partial charge in [-0.2, -0.15) is 0 Å². The summed E-state index contributed by atoms with van der Waals surface area (Å²) >= 11 is 0. The Morgan fingerprint density at radius 1 is 1.00 bits per heavy atom. The molecule has 1 amide bonds. The number of carbonyl (C=O) groups is 1. The van der Waals surface area contributed by atoms with Gasteiger partial charge in [0.05, 0.1) is 0 Å². The summed E-state index contributed by atoms with van der Waals surface area (Å²) < 4.78 is 0. The van der Waals surface area contributed by atoms with Crippen molar-refractivity contribution in [2.45, 2.75) is 79.7 Å². The van der Waals surface area contributed by atoms with Crippen LogP contribution in [0.1, 0.15) is 74.1 Å². The Bertz CT molecular complexity index is 290. The average molecular weight is 299 g/mol. The molecule has 0 aliphatic rings. The second-order valence-corrected chi connectivity index (χ2v) is 7.82. The maximum Gasteiger partial charge on any atom is 0.238 e. The van der Waals surface area contributed by atoms with Gasteiger partial charge < -0.3 is 11.1 Å². The molecule has 0 saturated heterocycles. The van der Waals surface area contributed by atoms with Crippen LogP contribution in [0.2, 0.25) is 0 Å². The number of nitrogens with one attached hydrogen (secondary N) is 1. The highest BCUT2D eigenvalue weighted by molar-refractivity contribution is 5.85. The van der Waals surface area contributed by atoms with E-state index in [9.17, 15) is 4.79 Å². The molecule has 1 atom stereocenters. The first-order valence-electron chi connectivity index (χ1n) is 8.70. The summed E-state index contributed by atoms with van der Waals surface area (Å²) in [6, 6.07) is 0. The SMILES string of the molecule is CCCNC(CC(C)C)(C(N)=O)C(CC(C)C)CC(C)C. The van der Waals surface area contributed by atoms with E-state index in [1.807, 2.05) is 0 Å². The molecule has 21 heavy (non-hydrogen) atoms. The van der Waals surface area contributed by atoms with Crippen LogP contribution in [0.5, 0.6) is 0 Å². The highest BCUT2D eigenvalue weighted by Gasteiger charge is 2.44. The quantitative estimate of drug-likeness (QED) is 0.606. The summed E-state index contributed by atoms with van der Waals surface area (Å²) in [5, 5.41) is 3.55. The highest BCUT2D eigenvalue weighted by Crippen LogP contribution is 2.35. The molecular weight excluding hydrogens is 260 g/mol. The first-order chi connectivity index (χ1) is 9.65. The lowest BCUT2D eigenvalue weighted by molar-refractivity contribution is -0.128. The molecule has 0 fully saturated rings. The maximum absolute atomic E-state index is 12.4. The van der Waals surface area contributed by atoms with Crippen LogP contribution in [0.3, 0.4) is 0 Å². The third kappa shape index (κ3) is 6.82. The first-order valence-corrected chi connectivity index (χ1v) is 8.70. The summed E-state index contributed by atoms with van der Waals surface area (Å²) in [6.45, 7) is 16.3. The van der Waals surface area contributed by atoms with Crippen molar-refractivity contribution in [2.75, 3.05) is 6.54 Å². The van der Waals surface area contributed by atoms with Crippen molar-refractivity contribution in [1.82, 2.24) is 5.32 Å². The second kappa shape index (κ2) is 9.45. The Morgan fingerprint density at radius 2 is 1.48 bits per heavy atom. The Labute approximate surface area is 132 Å². The largest absolute Gasteiger partial charge is 0.368 e. The van der Waals surface area contributed by atoms with Gasteiger partial charge in [-0.15, -0.1) is 0 Å². The van der Waals surface area contributed by atoms with Crippen LogP contribution in [0.4, 0.5) is 0 Å². The van der Waals surface area contributed by atoms with Crippen LogP contribution in [0, 0.1) is 23.7 Å². The molecule has 0 aliphatic heterocycles. The molecule has 0 saturated carbocycles. The predicted molar refractivity (Wildman–Crippen MR) is 92.1 cm³/mol. The minimum absolute atomic E-state index is 0.170. The van der Waals surface area contributed by atoms with E-state index in [1.165, 1.54) is 0 Å². The van der Waals surface area contributed by atoms with Crippen molar-refractivity contribution in [3.05, 3.63) is 0 Å². The molecule has 1 unspecified atom stereocenters. The fraction of sp³-hybridized carbons (Fsp3) is 0.944. The van der Waals surface area contributed by atoms with Gasteiger partial charge in [0.25, 0.3) is 0 Å². The Kier molecular flexibility index (Phi) is 9.19. The van der Waals surface area contributed by atoms with E-state index in [-0.39, 0.29) is 5.91 Å². The van der Waals surface area contributed by atoms with Gasteiger partial charge in [-0.05, 0) is 55.9 Å². The Hall–Kier alpha value is -0.570. The van der Waals surface area contributed by atoms with Crippen molar-refractivity contribution in [3.8, 4) is 0 Å². The third-order valence-corrected chi connectivity index (χ3v) is 4.07. The molecule has 0 aromatic carbocycles. The predicted octanol–water partition coefficient (Wildman–Crippen LogP) is 3.96. The molecule has 3 N–H and O–H groups in total. The zero-order valence-corrected chi connectivity index (χ0v) is 15.3. The fourth-order valence-electron chi connectivity index (χ4n) is 3.40. The summed E-state index contributed by atoms with van der Waals surface area (Å²) in [5.41, 5.74) is 5.35. The molecule has 0 aliphatic carbocycles. The van der Waals surface area contributed by atoms with E-state index in [1.54, 1.807) is 0 Å². The van der Waals surface area contributed by atoms with E-state index in [2.05, 4.69) is 53.8 Å². The minimum atomic E-state index is -0.557. The maximum atomic E-state index is 12.4. The first kappa shape index (κ1) is 20.4. The monoisotopic (exact) mass is 298 g/mol. The van der Waals surface area contributed by atoms with E-state index < -0.39 is 5.54 Å². The summed E-state index contributed by atoms with van der Waals surface area (Å²) in [6.07, 6.45) is 3.94. The molecule has 3 heteroatoms. The average Bonchev–Trinajstić information content (AvgIpc) is 2.31. The van der Waals surface area contributed by atoms with Gasteiger partial charge in [0.1, 0.15) is 5.54 Å². The van der Waals surface area contributed by atoms with Crippen LogP contribution < -0.4 is 11.1 Å². The van der Waals surface area contributed by atoms with Gasteiger partial charge >= 0.3 is 0 Å². The molecule has 0 bridgehead atoms. The van der Waals surface area contributed by atoms with E-state index in [0.29, 0.717) is 23.7 Å². The molecule has 0 rings (SSSR count).